The summed E-state index contributed by atoms with van der Waals surface area (Å²) in [5, 5.41) is 10.0. The second-order valence-electron chi connectivity index (χ2n) is 6.05. The van der Waals surface area contributed by atoms with Crippen molar-refractivity contribution >= 4 is 47.4 Å². The molecule has 0 aliphatic carbocycles. The molecule has 1 saturated heterocycles. The van der Waals surface area contributed by atoms with Crippen molar-refractivity contribution < 1.29 is 14.0 Å². The Bertz CT molecular complexity index is 819. The fourth-order valence-corrected chi connectivity index (χ4v) is 2.85. The van der Waals surface area contributed by atoms with Crippen molar-refractivity contribution in [2.75, 3.05) is 44.7 Å². The first-order valence-electron chi connectivity index (χ1n) is 8.65. The van der Waals surface area contributed by atoms with Gasteiger partial charge in [-0.1, -0.05) is 0 Å². The lowest BCUT2D eigenvalue weighted by Gasteiger charge is -2.35. The van der Waals surface area contributed by atoms with Crippen LogP contribution in [0, 0.1) is 0 Å². The summed E-state index contributed by atoms with van der Waals surface area (Å²) in [4.78, 5) is 32.1. The molecule has 10 nitrogen and oxygen atoms in total. The van der Waals surface area contributed by atoms with Gasteiger partial charge in [-0.2, -0.15) is 5.10 Å². The highest BCUT2D eigenvalue weighted by Crippen LogP contribution is 2.15. The molecule has 0 radical (unpaired) electrons. The molecule has 3 rings (SSSR count). The summed E-state index contributed by atoms with van der Waals surface area (Å²) >= 11 is 0. The number of nitrogens with one attached hydrogen (secondary N) is 2. The predicted molar refractivity (Wildman–Crippen MR) is 115 cm³/mol. The van der Waals surface area contributed by atoms with Gasteiger partial charge >= 0.3 is 0 Å². The number of amides is 2. The minimum atomic E-state index is -0.267. The third-order valence-corrected chi connectivity index (χ3v) is 4.17. The Hall–Kier alpha value is -2.57. The number of carbonyl (C=O) groups is 2. The van der Waals surface area contributed by atoms with Crippen LogP contribution in [0.4, 0.5) is 5.69 Å². The van der Waals surface area contributed by atoms with E-state index in [2.05, 4.69) is 20.7 Å². The van der Waals surface area contributed by atoms with Crippen molar-refractivity contribution in [3.8, 4) is 0 Å². The van der Waals surface area contributed by atoms with Crippen LogP contribution in [-0.2, 0) is 11.8 Å². The van der Waals surface area contributed by atoms with Crippen LogP contribution in [0.25, 0.3) is 0 Å². The van der Waals surface area contributed by atoms with E-state index in [4.69, 9.17) is 4.42 Å². The Balaban J connectivity index is 0.00000280. The summed E-state index contributed by atoms with van der Waals surface area (Å²) in [7, 11) is 3.49. The second-order valence-corrected chi connectivity index (χ2v) is 6.05. The number of guanidine groups is 1. The topological polar surface area (TPSA) is 108 Å². The summed E-state index contributed by atoms with van der Waals surface area (Å²) in [6.07, 6.45) is 4.96. The number of aliphatic imine (C=N–C) groups is 1. The van der Waals surface area contributed by atoms with Gasteiger partial charge in [-0.05, 0) is 12.1 Å². The fourth-order valence-electron chi connectivity index (χ4n) is 2.85. The lowest BCUT2D eigenvalue weighted by Crippen LogP contribution is -2.55. The van der Waals surface area contributed by atoms with E-state index in [0.29, 0.717) is 32.1 Å². The smallest absolute Gasteiger partial charge is 0.287 e. The van der Waals surface area contributed by atoms with Crippen molar-refractivity contribution in [2.24, 2.45) is 12.0 Å². The normalized spacial score (nSPS) is 14.6. The molecule has 28 heavy (non-hydrogen) atoms. The molecule has 0 spiro atoms. The number of halogens is 1. The van der Waals surface area contributed by atoms with E-state index < -0.39 is 0 Å². The van der Waals surface area contributed by atoms with Crippen LogP contribution in [-0.4, -0.2) is 72.2 Å². The van der Waals surface area contributed by atoms with E-state index in [1.165, 1.54) is 6.26 Å². The highest BCUT2D eigenvalue weighted by Gasteiger charge is 2.27. The number of furan rings is 1. The molecule has 2 aromatic rings. The van der Waals surface area contributed by atoms with E-state index in [-0.39, 0.29) is 48.1 Å². The van der Waals surface area contributed by atoms with Gasteiger partial charge in [-0.15, -0.1) is 24.0 Å². The summed E-state index contributed by atoms with van der Waals surface area (Å²) in [6, 6.07) is 3.27. The van der Waals surface area contributed by atoms with Crippen molar-refractivity contribution in [1.82, 2.24) is 25.3 Å². The first-order valence-corrected chi connectivity index (χ1v) is 8.65. The summed E-state index contributed by atoms with van der Waals surface area (Å²) in [5.74, 6) is 0.623. The molecule has 2 amide bonds. The molecule has 3 heterocycles. The average Bonchev–Trinajstić information content (AvgIpc) is 3.33. The Morgan fingerprint density at radius 3 is 2.71 bits per heavy atom. The maximum absolute atomic E-state index is 12.5. The van der Waals surface area contributed by atoms with Crippen molar-refractivity contribution in [1.29, 1.82) is 0 Å². The van der Waals surface area contributed by atoms with Gasteiger partial charge in [-0.25, -0.2) is 0 Å². The fraction of sp³-hybridized carbons (Fsp3) is 0.412. The molecule has 1 aliphatic heterocycles. The monoisotopic (exact) mass is 501 g/mol. The third-order valence-electron chi connectivity index (χ3n) is 4.17. The lowest BCUT2D eigenvalue weighted by molar-refractivity contribution is -0.120. The number of hydrogen-bond acceptors (Lipinski definition) is 5. The number of rotatable bonds is 5. The third kappa shape index (κ3) is 5.24. The Morgan fingerprint density at radius 1 is 1.32 bits per heavy atom. The van der Waals surface area contributed by atoms with E-state index >= 15 is 0 Å². The SMILES string of the molecule is CN=C(NCCNC(=O)c1ccco1)N1CCN(c2cnn(C)c2)C(=O)C1.I. The van der Waals surface area contributed by atoms with Crippen LogP contribution in [0.2, 0.25) is 0 Å². The number of carbonyl (C=O) groups excluding carboxylic acids is 2. The zero-order chi connectivity index (χ0) is 19.2. The molecule has 0 saturated carbocycles. The van der Waals surface area contributed by atoms with Gasteiger partial charge in [0.2, 0.25) is 5.91 Å². The van der Waals surface area contributed by atoms with Crippen molar-refractivity contribution in [3.05, 3.63) is 36.5 Å². The van der Waals surface area contributed by atoms with Gasteiger partial charge < -0.3 is 24.9 Å². The van der Waals surface area contributed by atoms with Gasteiger partial charge in [0.15, 0.2) is 11.7 Å². The van der Waals surface area contributed by atoms with Crippen LogP contribution < -0.4 is 15.5 Å². The molecule has 2 aromatic heterocycles. The highest BCUT2D eigenvalue weighted by molar-refractivity contribution is 14.0. The zero-order valence-corrected chi connectivity index (χ0v) is 18.1. The highest BCUT2D eigenvalue weighted by atomic mass is 127. The molecule has 0 unspecified atom stereocenters. The molecular formula is C17H24IN7O3. The quantitative estimate of drug-likeness (QED) is 0.264. The largest absolute Gasteiger partial charge is 0.459 e. The summed E-state index contributed by atoms with van der Waals surface area (Å²) in [6.45, 7) is 2.32. The van der Waals surface area contributed by atoms with Gasteiger partial charge in [0.1, 0.15) is 6.54 Å². The van der Waals surface area contributed by atoms with Gasteiger partial charge in [0, 0.05) is 46.5 Å². The van der Waals surface area contributed by atoms with Gasteiger partial charge in [0.05, 0.1) is 18.1 Å². The van der Waals surface area contributed by atoms with Crippen LogP contribution in [0.1, 0.15) is 10.6 Å². The van der Waals surface area contributed by atoms with E-state index in [1.54, 1.807) is 35.0 Å². The molecule has 0 bridgehead atoms. The van der Waals surface area contributed by atoms with E-state index in [9.17, 15) is 9.59 Å². The van der Waals surface area contributed by atoms with Crippen LogP contribution >= 0.6 is 24.0 Å². The lowest BCUT2D eigenvalue weighted by atomic mass is 10.3. The number of hydrogen-bond donors (Lipinski definition) is 2. The zero-order valence-electron chi connectivity index (χ0n) is 15.8. The minimum absolute atomic E-state index is 0. The summed E-state index contributed by atoms with van der Waals surface area (Å²) < 4.78 is 6.71. The molecule has 2 N–H and O–H groups in total. The molecular weight excluding hydrogens is 477 g/mol. The molecule has 1 aliphatic rings. The van der Waals surface area contributed by atoms with E-state index in [0.717, 1.165) is 5.69 Å². The molecule has 0 atom stereocenters. The van der Waals surface area contributed by atoms with Crippen LogP contribution in [0.3, 0.4) is 0 Å². The maximum atomic E-state index is 12.5. The first kappa shape index (κ1) is 21.7. The number of piperazine rings is 1. The Kier molecular flexibility index (Phi) is 7.84. The Labute approximate surface area is 180 Å². The number of anilines is 1. The second kappa shape index (κ2) is 10.1. The van der Waals surface area contributed by atoms with Crippen molar-refractivity contribution in [2.45, 2.75) is 0 Å². The van der Waals surface area contributed by atoms with E-state index in [1.807, 2.05) is 18.1 Å². The minimum Gasteiger partial charge on any atom is -0.459 e. The Morgan fingerprint density at radius 2 is 2.11 bits per heavy atom. The van der Waals surface area contributed by atoms with Crippen molar-refractivity contribution in [3.63, 3.8) is 0 Å². The van der Waals surface area contributed by atoms with Crippen LogP contribution in [0.5, 0.6) is 0 Å². The maximum Gasteiger partial charge on any atom is 0.287 e. The molecule has 0 aromatic carbocycles. The summed E-state index contributed by atoms with van der Waals surface area (Å²) in [5.41, 5.74) is 0.797. The average molecular weight is 501 g/mol. The predicted octanol–water partition coefficient (Wildman–Crippen LogP) is 0.285. The van der Waals surface area contributed by atoms with Gasteiger partial charge in [0.25, 0.3) is 5.91 Å². The number of aromatic nitrogens is 2. The molecule has 1 fully saturated rings. The molecule has 152 valence electrons. The van der Waals surface area contributed by atoms with Crippen LogP contribution in [0.15, 0.2) is 40.2 Å². The first-order chi connectivity index (χ1) is 13.1. The van der Waals surface area contributed by atoms with Gasteiger partial charge in [-0.3, -0.25) is 19.3 Å². The standard InChI is InChI=1S/C17H23N7O3.HI/c1-18-17(20-6-5-19-16(26)14-4-3-9-27-14)23-7-8-24(15(25)12-23)13-10-21-22(2)11-13;/h3-4,9-11H,5-8,12H2,1-2H3,(H,18,20)(H,19,26);1H. The number of aryl methyl sites for hydroxylation is 1. The molecule has 11 heteroatoms. The number of nitrogens with zero attached hydrogens (tertiary/aromatic N) is 5.